The highest BCUT2D eigenvalue weighted by Gasteiger charge is 2.17. The van der Waals surface area contributed by atoms with E-state index < -0.39 is 0 Å². The number of carbonyl (C=O) groups is 1. The minimum absolute atomic E-state index is 0.106. The molecule has 1 heterocycles. The molecular formula is C20H22N4O3. The molecule has 0 saturated heterocycles. The van der Waals surface area contributed by atoms with Gasteiger partial charge in [-0.1, -0.05) is 30.3 Å². The Morgan fingerprint density at radius 1 is 1.07 bits per heavy atom. The molecule has 27 heavy (non-hydrogen) atoms. The topological polar surface area (TPSA) is 76.6 Å². The largest absolute Gasteiger partial charge is 0.493 e. The second-order valence-corrected chi connectivity index (χ2v) is 5.99. The molecule has 3 aromatic rings. The van der Waals surface area contributed by atoms with Gasteiger partial charge in [0, 0.05) is 31.1 Å². The third-order valence-corrected chi connectivity index (χ3v) is 4.23. The lowest BCUT2D eigenvalue weighted by Gasteiger charge is -2.20. The minimum atomic E-state index is -0.106. The van der Waals surface area contributed by atoms with Crippen molar-refractivity contribution in [3.05, 3.63) is 42.5 Å². The molecule has 140 valence electrons. The van der Waals surface area contributed by atoms with Gasteiger partial charge in [0.05, 0.1) is 26.3 Å². The number of anilines is 1. The molecule has 0 unspecified atom stereocenters. The van der Waals surface area contributed by atoms with Crippen LogP contribution in [0.5, 0.6) is 11.5 Å². The summed E-state index contributed by atoms with van der Waals surface area (Å²) >= 11 is 0. The molecule has 2 aromatic carbocycles. The first-order valence-corrected chi connectivity index (χ1v) is 8.48. The summed E-state index contributed by atoms with van der Waals surface area (Å²) in [6.45, 7) is 0.172. The monoisotopic (exact) mass is 366 g/mol. The summed E-state index contributed by atoms with van der Waals surface area (Å²) in [5, 5.41) is 3.41. The maximum absolute atomic E-state index is 11.9. The van der Waals surface area contributed by atoms with E-state index in [1.165, 1.54) is 0 Å². The summed E-state index contributed by atoms with van der Waals surface area (Å²) in [4.78, 5) is 23.1. The second kappa shape index (κ2) is 7.90. The van der Waals surface area contributed by atoms with Gasteiger partial charge in [-0.3, -0.25) is 4.79 Å². The van der Waals surface area contributed by atoms with Gasteiger partial charge in [0.25, 0.3) is 0 Å². The number of amides is 1. The molecule has 0 atom stereocenters. The number of rotatable bonds is 6. The summed E-state index contributed by atoms with van der Waals surface area (Å²) < 4.78 is 10.8. The van der Waals surface area contributed by atoms with Crippen molar-refractivity contribution in [1.82, 2.24) is 15.3 Å². The molecule has 0 aliphatic heterocycles. The van der Waals surface area contributed by atoms with E-state index in [1.54, 1.807) is 26.2 Å². The van der Waals surface area contributed by atoms with Crippen LogP contribution in [-0.2, 0) is 4.79 Å². The lowest BCUT2D eigenvalue weighted by molar-refractivity contribution is -0.119. The van der Waals surface area contributed by atoms with Crippen LogP contribution in [0.3, 0.4) is 0 Å². The van der Waals surface area contributed by atoms with Gasteiger partial charge in [0.2, 0.25) is 5.91 Å². The van der Waals surface area contributed by atoms with Gasteiger partial charge in [-0.25, -0.2) is 9.97 Å². The number of aromatic nitrogens is 2. The van der Waals surface area contributed by atoms with Crippen molar-refractivity contribution in [2.24, 2.45) is 0 Å². The van der Waals surface area contributed by atoms with Crippen LogP contribution in [0, 0.1) is 0 Å². The molecule has 3 rings (SSSR count). The van der Waals surface area contributed by atoms with E-state index in [9.17, 15) is 4.79 Å². The van der Waals surface area contributed by atoms with Gasteiger partial charge in [-0.15, -0.1) is 0 Å². The molecule has 7 nitrogen and oxygen atoms in total. The van der Waals surface area contributed by atoms with Crippen LogP contribution in [0.15, 0.2) is 42.5 Å². The number of carbonyl (C=O) groups excluding carboxylic acids is 1. The number of hydrogen-bond donors (Lipinski definition) is 1. The lowest BCUT2D eigenvalue weighted by Crippen LogP contribution is -2.33. The second-order valence-electron chi connectivity index (χ2n) is 5.99. The first-order valence-electron chi connectivity index (χ1n) is 8.48. The molecule has 0 saturated carbocycles. The zero-order valence-electron chi connectivity index (χ0n) is 15.8. The average molecular weight is 366 g/mol. The van der Waals surface area contributed by atoms with Crippen molar-refractivity contribution in [1.29, 1.82) is 0 Å². The quantitative estimate of drug-likeness (QED) is 0.722. The Kier molecular flexibility index (Phi) is 5.40. The maximum atomic E-state index is 11.9. The van der Waals surface area contributed by atoms with Crippen LogP contribution in [0.1, 0.15) is 0 Å². The van der Waals surface area contributed by atoms with Crippen LogP contribution in [0.25, 0.3) is 22.3 Å². The van der Waals surface area contributed by atoms with E-state index in [0.717, 1.165) is 10.9 Å². The van der Waals surface area contributed by atoms with Gasteiger partial charge in [0.15, 0.2) is 17.3 Å². The Morgan fingerprint density at radius 3 is 2.37 bits per heavy atom. The fourth-order valence-electron chi connectivity index (χ4n) is 2.82. The number of fused-ring (bicyclic) bond motifs is 1. The SMILES string of the molecule is CNC(=O)CN(C)c1nc(-c2ccccc2)nc2cc(OC)c(OC)cc12. The first-order chi connectivity index (χ1) is 13.1. The summed E-state index contributed by atoms with van der Waals surface area (Å²) in [7, 11) is 6.60. The van der Waals surface area contributed by atoms with E-state index in [2.05, 4.69) is 5.32 Å². The highest BCUT2D eigenvalue weighted by Crippen LogP contribution is 2.36. The highest BCUT2D eigenvalue weighted by molar-refractivity contribution is 5.95. The molecule has 0 fully saturated rings. The molecule has 0 aliphatic carbocycles. The number of methoxy groups -OCH3 is 2. The molecule has 7 heteroatoms. The van der Waals surface area contributed by atoms with Gasteiger partial charge >= 0.3 is 0 Å². The Balaban J connectivity index is 2.23. The standard InChI is InChI=1S/C20H22N4O3/c1-21-18(25)12-24(2)20-14-10-16(26-3)17(27-4)11-15(14)22-19(23-20)13-8-6-5-7-9-13/h5-11H,12H2,1-4H3,(H,21,25). The molecule has 0 radical (unpaired) electrons. The number of benzene rings is 2. The molecule has 1 N–H and O–H groups in total. The van der Waals surface area contributed by atoms with Crippen LogP contribution in [-0.4, -0.2) is 50.7 Å². The van der Waals surface area contributed by atoms with E-state index in [4.69, 9.17) is 19.4 Å². The van der Waals surface area contributed by atoms with Crippen molar-refractivity contribution in [2.45, 2.75) is 0 Å². The van der Waals surface area contributed by atoms with Crippen molar-refractivity contribution in [2.75, 3.05) is 39.8 Å². The predicted molar refractivity (Wildman–Crippen MR) is 105 cm³/mol. The molecule has 1 amide bonds. The average Bonchev–Trinajstić information content (AvgIpc) is 2.72. The van der Waals surface area contributed by atoms with Crippen molar-refractivity contribution in [3.63, 3.8) is 0 Å². The summed E-state index contributed by atoms with van der Waals surface area (Å²) in [5.41, 5.74) is 1.60. The van der Waals surface area contributed by atoms with Gasteiger partial charge in [0.1, 0.15) is 5.82 Å². The van der Waals surface area contributed by atoms with Gasteiger partial charge in [-0.05, 0) is 6.07 Å². The normalized spacial score (nSPS) is 10.5. The highest BCUT2D eigenvalue weighted by atomic mass is 16.5. The molecular weight excluding hydrogens is 344 g/mol. The van der Waals surface area contributed by atoms with Crippen LogP contribution in [0.2, 0.25) is 0 Å². The van der Waals surface area contributed by atoms with Crippen molar-refractivity contribution in [3.8, 4) is 22.9 Å². The summed E-state index contributed by atoms with van der Waals surface area (Å²) in [6.07, 6.45) is 0. The summed E-state index contributed by atoms with van der Waals surface area (Å²) in [5.74, 6) is 2.28. The maximum Gasteiger partial charge on any atom is 0.239 e. The number of likely N-dealkylation sites (N-methyl/N-ethyl adjacent to an activating group) is 2. The Bertz CT molecular complexity index is 960. The van der Waals surface area contributed by atoms with E-state index in [0.29, 0.717) is 28.7 Å². The third-order valence-electron chi connectivity index (χ3n) is 4.23. The van der Waals surface area contributed by atoms with Crippen molar-refractivity contribution < 1.29 is 14.3 Å². The smallest absolute Gasteiger partial charge is 0.239 e. The zero-order chi connectivity index (χ0) is 19.4. The van der Waals surface area contributed by atoms with Gasteiger partial charge < -0.3 is 19.7 Å². The number of hydrogen-bond acceptors (Lipinski definition) is 6. The van der Waals surface area contributed by atoms with Crippen LogP contribution in [0.4, 0.5) is 5.82 Å². The van der Waals surface area contributed by atoms with E-state index in [1.807, 2.05) is 49.5 Å². The molecule has 0 aliphatic rings. The van der Waals surface area contributed by atoms with Crippen LogP contribution < -0.4 is 19.7 Å². The Morgan fingerprint density at radius 2 is 1.74 bits per heavy atom. The van der Waals surface area contributed by atoms with E-state index >= 15 is 0 Å². The minimum Gasteiger partial charge on any atom is -0.493 e. The number of nitrogens with one attached hydrogen (secondary N) is 1. The Hall–Kier alpha value is -3.35. The molecule has 0 spiro atoms. The van der Waals surface area contributed by atoms with Gasteiger partial charge in [-0.2, -0.15) is 0 Å². The van der Waals surface area contributed by atoms with E-state index in [-0.39, 0.29) is 12.5 Å². The number of ether oxygens (including phenoxy) is 2. The van der Waals surface area contributed by atoms with Crippen LogP contribution >= 0.6 is 0 Å². The fourth-order valence-corrected chi connectivity index (χ4v) is 2.82. The molecule has 1 aromatic heterocycles. The number of nitrogens with zero attached hydrogens (tertiary/aromatic N) is 3. The molecule has 0 bridgehead atoms. The zero-order valence-corrected chi connectivity index (χ0v) is 15.8. The summed E-state index contributed by atoms with van der Waals surface area (Å²) in [6, 6.07) is 13.4. The predicted octanol–water partition coefficient (Wildman–Crippen LogP) is 2.50. The van der Waals surface area contributed by atoms with Crippen molar-refractivity contribution >= 4 is 22.6 Å². The Labute approximate surface area is 157 Å². The first kappa shape index (κ1) is 18.4. The fraction of sp³-hybridized carbons (Fsp3) is 0.250. The lowest BCUT2D eigenvalue weighted by atomic mass is 10.1. The third kappa shape index (κ3) is 3.76.